The van der Waals surface area contributed by atoms with Gasteiger partial charge in [0.15, 0.2) is 11.4 Å². The number of aliphatic hydroxyl groups excluding tert-OH is 1. The molecule has 0 aromatic rings. The van der Waals surface area contributed by atoms with Crippen LogP contribution in [0.5, 0.6) is 0 Å². The molecule has 9 heteroatoms. The summed E-state index contributed by atoms with van der Waals surface area (Å²) in [6.45, 7) is 5.09. The maximum Gasteiger partial charge on any atom is 0.372 e. The van der Waals surface area contributed by atoms with Gasteiger partial charge in [0, 0.05) is 18.3 Å². The fourth-order valence-corrected chi connectivity index (χ4v) is 7.84. The molecule has 1 aliphatic heterocycles. The Morgan fingerprint density at radius 2 is 1.91 bits per heavy atom. The molecule has 34 heavy (non-hydrogen) atoms. The number of rotatable bonds is 4. The average molecular weight is 481 g/mol. The highest BCUT2D eigenvalue weighted by Gasteiger charge is 2.75. The van der Waals surface area contributed by atoms with E-state index in [1.54, 1.807) is 6.92 Å². The van der Waals surface area contributed by atoms with E-state index in [0.29, 0.717) is 19.3 Å². The van der Waals surface area contributed by atoms with E-state index >= 15 is 8.78 Å². The van der Waals surface area contributed by atoms with Gasteiger partial charge in [-0.15, -0.1) is 0 Å². The Hall–Kier alpha value is -2.29. The molecule has 0 aromatic heterocycles. The van der Waals surface area contributed by atoms with Crippen molar-refractivity contribution in [2.75, 3.05) is 0 Å². The van der Waals surface area contributed by atoms with Crippen LogP contribution >= 0.6 is 0 Å². The summed E-state index contributed by atoms with van der Waals surface area (Å²) in [5.41, 5.74) is -5.20. The summed E-state index contributed by atoms with van der Waals surface area (Å²) in [5.74, 6) is -5.67. The molecule has 0 amide bonds. The third-order valence-corrected chi connectivity index (χ3v) is 9.42. The van der Waals surface area contributed by atoms with Crippen molar-refractivity contribution in [1.82, 2.24) is 0 Å². The normalized spacial score (nSPS) is 47.0. The number of carboxylic acid groups (broad SMARTS) is 1. The van der Waals surface area contributed by atoms with Crippen molar-refractivity contribution in [2.45, 2.75) is 83.5 Å². The van der Waals surface area contributed by atoms with Gasteiger partial charge < -0.3 is 19.7 Å². The van der Waals surface area contributed by atoms with Gasteiger partial charge in [0.1, 0.15) is 6.17 Å². The zero-order valence-corrected chi connectivity index (χ0v) is 19.5. The molecule has 0 spiro atoms. The first-order valence-corrected chi connectivity index (χ1v) is 12.0. The number of halogens is 2. The quantitative estimate of drug-likeness (QED) is 0.594. The van der Waals surface area contributed by atoms with E-state index in [2.05, 4.69) is 0 Å². The van der Waals surface area contributed by atoms with E-state index in [0.717, 1.165) is 6.08 Å². The van der Waals surface area contributed by atoms with Crippen LogP contribution in [0.25, 0.3) is 0 Å². The molecular formula is C25H30F2O7. The summed E-state index contributed by atoms with van der Waals surface area (Å²) in [5, 5.41) is 20.7. The lowest BCUT2D eigenvalue weighted by atomic mass is 9.44. The second kappa shape index (κ2) is 7.35. The van der Waals surface area contributed by atoms with Crippen molar-refractivity contribution in [3.63, 3.8) is 0 Å². The Bertz CT molecular complexity index is 1040. The van der Waals surface area contributed by atoms with Crippen LogP contribution in [-0.2, 0) is 23.9 Å². The van der Waals surface area contributed by atoms with Crippen LogP contribution in [-0.4, -0.2) is 52.0 Å². The molecule has 0 aromatic carbocycles. The van der Waals surface area contributed by atoms with E-state index in [-0.39, 0.29) is 36.4 Å². The largest absolute Gasteiger partial charge is 0.475 e. The van der Waals surface area contributed by atoms with Gasteiger partial charge in [-0.1, -0.05) is 13.8 Å². The summed E-state index contributed by atoms with van der Waals surface area (Å²) < 4.78 is 44.9. The predicted molar refractivity (Wildman–Crippen MR) is 114 cm³/mol. The summed E-state index contributed by atoms with van der Waals surface area (Å²) in [7, 11) is 0. The van der Waals surface area contributed by atoms with Gasteiger partial charge in [0.25, 0.3) is 0 Å². The number of carbonyl (C=O) groups is 3. The SMILES string of the molecule is CCCC1OC2=C(O1)[C@@]1(C)C(=CC2=O)[C@@H](F)C[C@H]2[C@@H]3CC[C@@H](C(=O)C(=O)O)[C@@]3(C)C[C@H](O)[C@@]21F. The Kier molecular flexibility index (Phi) is 5.07. The third kappa shape index (κ3) is 2.67. The molecule has 3 saturated carbocycles. The number of fused-ring (bicyclic) bond motifs is 6. The predicted octanol–water partition coefficient (Wildman–Crippen LogP) is 3.40. The summed E-state index contributed by atoms with van der Waals surface area (Å²) in [4.78, 5) is 36.6. The number of aliphatic carboxylic acids is 1. The van der Waals surface area contributed by atoms with Crippen molar-refractivity contribution in [2.24, 2.45) is 28.6 Å². The molecule has 5 rings (SSSR count). The standard InChI is InChI=1S/C25H30F2O7/c1-4-5-18-33-20-16(28)9-14-15(26)8-13-11-6-7-12(19(30)22(31)32)23(11,2)10-17(29)25(13,27)24(14,3)21(20)34-18/h9,11-13,15,17-18,29H,4-8,10H2,1-3H3,(H,31,32)/t11-,12-,13-,15-,17-,18?,23-,24+,25-/m0/s1. The molecule has 7 nitrogen and oxygen atoms in total. The summed E-state index contributed by atoms with van der Waals surface area (Å²) in [6.07, 6.45) is -1.66. The molecule has 3 fully saturated rings. The highest BCUT2D eigenvalue weighted by atomic mass is 19.1. The molecule has 9 atom stereocenters. The Morgan fingerprint density at radius 1 is 1.21 bits per heavy atom. The highest BCUT2D eigenvalue weighted by molar-refractivity contribution is 6.33. The number of hydrogen-bond donors (Lipinski definition) is 2. The van der Waals surface area contributed by atoms with Gasteiger partial charge in [-0.2, -0.15) is 0 Å². The minimum atomic E-state index is -2.39. The molecule has 1 heterocycles. The number of ketones is 2. The number of ether oxygens (including phenoxy) is 2. The number of Topliss-reactive ketones (excluding diaryl/α,β-unsaturated/α-hetero) is 1. The molecule has 5 aliphatic rings. The van der Waals surface area contributed by atoms with Crippen LogP contribution in [0.1, 0.15) is 59.3 Å². The van der Waals surface area contributed by atoms with Crippen LogP contribution in [0.3, 0.4) is 0 Å². The first-order valence-electron chi connectivity index (χ1n) is 12.0. The smallest absolute Gasteiger partial charge is 0.372 e. The van der Waals surface area contributed by atoms with Crippen molar-refractivity contribution in [3.05, 3.63) is 23.2 Å². The Morgan fingerprint density at radius 3 is 2.56 bits per heavy atom. The van der Waals surface area contributed by atoms with Gasteiger partial charge in [0.05, 0.1) is 11.5 Å². The van der Waals surface area contributed by atoms with Gasteiger partial charge in [-0.25, -0.2) is 13.6 Å². The van der Waals surface area contributed by atoms with Crippen LogP contribution in [0.2, 0.25) is 0 Å². The fraction of sp³-hybridized carbons (Fsp3) is 0.720. The topological polar surface area (TPSA) is 110 Å². The van der Waals surface area contributed by atoms with Gasteiger partial charge in [-0.3, -0.25) is 9.59 Å². The lowest BCUT2D eigenvalue weighted by Gasteiger charge is -2.62. The minimum Gasteiger partial charge on any atom is -0.475 e. The van der Waals surface area contributed by atoms with Crippen molar-refractivity contribution in [3.8, 4) is 0 Å². The van der Waals surface area contributed by atoms with Crippen LogP contribution in [0.15, 0.2) is 23.2 Å². The van der Waals surface area contributed by atoms with Gasteiger partial charge in [-0.05, 0) is 62.0 Å². The first-order chi connectivity index (χ1) is 15.9. The number of carbonyl (C=O) groups excluding carboxylic acids is 2. The third-order valence-electron chi connectivity index (χ3n) is 9.42. The summed E-state index contributed by atoms with van der Waals surface area (Å²) >= 11 is 0. The molecule has 0 bridgehead atoms. The van der Waals surface area contributed by atoms with Crippen molar-refractivity contribution < 1.29 is 42.9 Å². The second-order valence-corrected chi connectivity index (χ2v) is 10.9. The number of hydrogen-bond acceptors (Lipinski definition) is 6. The Labute approximate surface area is 196 Å². The van der Waals surface area contributed by atoms with Crippen molar-refractivity contribution in [1.29, 1.82) is 0 Å². The average Bonchev–Trinajstić information content (AvgIpc) is 3.34. The van der Waals surface area contributed by atoms with Crippen LogP contribution in [0, 0.1) is 28.6 Å². The molecule has 2 N–H and O–H groups in total. The fourth-order valence-electron chi connectivity index (χ4n) is 7.84. The van der Waals surface area contributed by atoms with E-state index in [1.165, 1.54) is 6.92 Å². The zero-order chi connectivity index (χ0) is 24.8. The first kappa shape index (κ1) is 23.5. The zero-order valence-electron chi connectivity index (χ0n) is 19.5. The van der Waals surface area contributed by atoms with Gasteiger partial charge >= 0.3 is 5.97 Å². The van der Waals surface area contributed by atoms with E-state index in [1.807, 2.05) is 6.92 Å². The second-order valence-electron chi connectivity index (χ2n) is 10.9. The summed E-state index contributed by atoms with van der Waals surface area (Å²) in [6, 6.07) is 0. The molecule has 0 saturated heterocycles. The molecule has 186 valence electrons. The van der Waals surface area contributed by atoms with Crippen molar-refractivity contribution >= 4 is 17.5 Å². The lowest BCUT2D eigenvalue weighted by molar-refractivity contribution is -0.213. The van der Waals surface area contributed by atoms with E-state index < -0.39 is 70.4 Å². The number of aliphatic hydroxyl groups is 1. The monoisotopic (exact) mass is 480 g/mol. The lowest BCUT2D eigenvalue weighted by Crippen LogP contribution is -2.69. The minimum absolute atomic E-state index is 0.0606. The molecular weight excluding hydrogens is 450 g/mol. The number of alkyl halides is 2. The van der Waals surface area contributed by atoms with Gasteiger partial charge in [0.2, 0.25) is 23.6 Å². The molecule has 0 radical (unpaired) electrons. The molecule has 4 aliphatic carbocycles. The highest BCUT2D eigenvalue weighted by Crippen LogP contribution is 2.71. The number of carboxylic acids is 1. The van der Waals surface area contributed by atoms with E-state index in [9.17, 15) is 24.6 Å². The van der Waals surface area contributed by atoms with E-state index in [4.69, 9.17) is 9.47 Å². The maximum atomic E-state index is 17.5. The van der Waals surface area contributed by atoms with Crippen LogP contribution < -0.4 is 0 Å². The maximum absolute atomic E-state index is 17.5. The Balaban J connectivity index is 1.62. The molecule has 1 unspecified atom stereocenters. The van der Waals surface area contributed by atoms with Crippen LogP contribution in [0.4, 0.5) is 8.78 Å². The number of allylic oxidation sites excluding steroid dienone is 2.